The standard InChI is InChI=1S/C24H24N4O2S2/c1-16-7-8-17(2)21(11-16)27-22(29)13-23-26-18(14-31-23)15-32-24-25-9-10-28(24)19-5-4-6-20(12-19)30-3/h4-12,14H,13,15H2,1-3H3,(H,27,29). The first-order valence-corrected chi connectivity index (χ1v) is 12.0. The Hall–Kier alpha value is -3.10. The van der Waals surface area contributed by atoms with Gasteiger partial charge in [-0.3, -0.25) is 9.36 Å². The zero-order chi connectivity index (χ0) is 22.5. The molecule has 0 bridgehead atoms. The highest BCUT2D eigenvalue weighted by molar-refractivity contribution is 7.98. The molecule has 8 heteroatoms. The average molecular weight is 465 g/mol. The van der Waals surface area contributed by atoms with E-state index in [1.807, 2.05) is 72.5 Å². The van der Waals surface area contributed by atoms with E-state index in [1.54, 1.807) is 25.1 Å². The van der Waals surface area contributed by atoms with Gasteiger partial charge in [0.15, 0.2) is 5.16 Å². The van der Waals surface area contributed by atoms with E-state index in [0.29, 0.717) is 5.75 Å². The second kappa shape index (κ2) is 10.0. The fourth-order valence-electron chi connectivity index (χ4n) is 3.19. The number of thioether (sulfide) groups is 1. The van der Waals surface area contributed by atoms with Crippen LogP contribution in [0.1, 0.15) is 21.8 Å². The Kier molecular flexibility index (Phi) is 6.92. The number of nitrogens with zero attached hydrogens (tertiary/aromatic N) is 3. The first-order chi connectivity index (χ1) is 15.5. The monoisotopic (exact) mass is 464 g/mol. The van der Waals surface area contributed by atoms with Crippen LogP contribution in [0, 0.1) is 13.8 Å². The Bertz CT molecular complexity index is 1230. The molecule has 4 rings (SSSR count). The molecule has 2 aromatic carbocycles. The van der Waals surface area contributed by atoms with Crippen molar-refractivity contribution in [3.05, 3.63) is 82.1 Å². The summed E-state index contributed by atoms with van der Waals surface area (Å²) in [6.07, 6.45) is 3.98. The molecule has 1 amide bonds. The Morgan fingerprint density at radius 1 is 1.22 bits per heavy atom. The number of carbonyl (C=O) groups is 1. The molecular weight excluding hydrogens is 440 g/mol. The Morgan fingerprint density at radius 3 is 2.94 bits per heavy atom. The number of ether oxygens (including phenoxy) is 1. The van der Waals surface area contributed by atoms with Crippen molar-refractivity contribution in [3.8, 4) is 11.4 Å². The van der Waals surface area contributed by atoms with Gasteiger partial charge < -0.3 is 10.1 Å². The van der Waals surface area contributed by atoms with Gasteiger partial charge in [-0.1, -0.05) is 30.0 Å². The van der Waals surface area contributed by atoms with Gasteiger partial charge in [0.05, 0.1) is 24.9 Å². The number of hydrogen-bond donors (Lipinski definition) is 1. The topological polar surface area (TPSA) is 69.0 Å². The molecule has 0 saturated heterocycles. The first-order valence-electron chi connectivity index (χ1n) is 10.1. The summed E-state index contributed by atoms with van der Waals surface area (Å²) in [6.45, 7) is 4.00. The molecule has 6 nitrogen and oxygen atoms in total. The van der Waals surface area contributed by atoms with Crippen molar-refractivity contribution >= 4 is 34.7 Å². The van der Waals surface area contributed by atoms with Crippen molar-refractivity contribution in [2.45, 2.75) is 31.2 Å². The van der Waals surface area contributed by atoms with E-state index in [-0.39, 0.29) is 12.3 Å². The number of thiazole rings is 1. The zero-order valence-corrected chi connectivity index (χ0v) is 19.8. The van der Waals surface area contributed by atoms with E-state index in [2.05, 4.69) is 15.3 Å². The fraction of sp³-hybridized carbons (Fsp3) is 0.208. The third-order valence-corrected chi connectivity index (χ3v) is 6.76. The van der Waals surface area contributed by atoms with Gasteiger partial charge >= 0.3 is 0 Å². The van der Waals surface area contributed by atoms with E-state index in [0.717, 1.165) is 44.1 Å². The number of imidazole rings is 1. The molecule has 0 aliphatic heterocycles. The largest absolute Gasteiger partial charge is 0.497 e. The van der Waals surface area contributed by atoms with Crippen LogP contribution in [0.5, 0.6) is 5.75 Å². The lowest BCUT2D eigenvalue weighted by Crippen LogP contribution is -2.15. The van der Waals surface area contributed by atoms with Crippen molar-refractivity contribution in [2.24, 2.45) is 0 Å². The van der Waals surface area contributed by atoms with Crippen LogP contribution < -0.4 is 10.1 Å². The number of anilines is 1. The molecule has 0 aliphatic carbocycles. The summed E-state index contributed by atoms with van der Waals surface area (Å²) in [5, 5.41) is 6.68. The van der Waals surface area contributed by atoms with Crippen LogP contribution in [0.25, 0.3) is 5.69 Å². The van der Waals surface area contributed by atoms with Gasteiger partial charge in [0.25, 0.3) is 0 Å². The molecular formula is C24H24N4O2S2. The van der Waals surface area contributed by atoms with Crippen molar-refractivity contribution in [1.82, 2.24) is 14.5 Å². The molecule has 32 heavy (non-hydrogen) atoms. The first kappa shape index (κ1) is 22.1. The molecule has 0 unspecified atom stereocenters. The molecule has 0 aliphatic rings. The van der Waals surface area contributed by atoms with E-state index in [4.69, 9.17) is 4.74 Å². The van der Waals surface area contributed by atoms with E-state index in [9.17, 15) is 4.79 Å². The minimum atomic E-state index is -0.0548. The van der Waals surface area contributed by atoms with Gasteiger partial charge in [-0.25, -0.2) is 9.97 Å². The van der Waals surface area contributed by atoms with Gasteiger partial charge in [0, 0.05) is 35.3 Å². The van der Waals surface area contributed by atoms with Crippen molar-refractivity contribution in [3.63, 3.8) is 0 Å². The Morgan fingerprint density at radius 2 is 2.09 bits per heavy atom. The third kappa shape index (κ3) is 5.38. The quantitative estimate of drug-likeness (QED) is 0.352. The molecule has 0 radical (unpaired) electrons. The number of hydrogen-bond acceptors (Lipinski definition) is 6. The van der Waals surface area contributed by atoms with E-state index in [1.165, 1.54) is 11.3 Å². The summed E-state index contributed by atoms with van der Waals surface area (Å²) < 4.78 is 7.35. The van der Waals surface area contributed by atoms with Gasteiger partial charge in [-0.05, 0) is 43.2 Å². The molecule has 0 atom stereocenters. The molecule has 2 heterocycles. The second-order valence-corrected chi connectivity index (χ2v) is 9.23. The number of rotatable bonds is 8. The predicted molar refractivity (Wildman–Crippen MR) is 130 cm³/mol. The van der Waals surface area contributed by atoms with Gasteiger partial charge in [0.1, 0.15) is 10.8 Å². The molecule has 2 aromatic heterocycles. The minimum absolute atomic E-state index is 0.0548. The van der Waals surface area contributed by atoms with Crippen LogP contribution in [-0.4, -0.2) is 27.6 Å². The summed E-state index contributed by atoms with van der Waals surface area (Å²) in [7, 11) is 1.66. The average Bonchev–Trinajstić information content (AvgIpc) is 3.44. The van der Waals surface area contributed by atoms with Crippen LogP contribution in [0.3, 0.4) is 0 Å². The molecule has 0 spiro atoms. The number of aryl methyl sites for hydroxylation is 2. The Labute approximate surface area is 195 Å². The third-order valence-electron chi connectivity index (χ3n) is 4.87. The number of benzene rings is 2. The number of carbonyl (C=O) groups excluding carboxylic acids is 1. The molecule has 0 fully saturated rings. The molecule has 1 N–H and O–H groups in total. The number of methoxy groups -OCH3 is 1. The zero-order valence-electron chi connectivity index (χ0n) is 18.2. The molecule has 4 aromatic rings. The summed E-state index contributed by atoms with van der Waals surface area (Å²) in [4.78, 5) is 21.6. The van der Waals surface area contributed by atoms with Crippen LogP contribution in [0.15, 0.2) is 65.4 Å². The highest BCUT2D eigenvalue weighted by Gasteiger charge is 2.12. The van der Waals surface area contributed by atoms with Crippen LogP contribution in [0.2, 0.25) is 0 Å². The number of nitrogens with one attached hydrogen (secondary N) is 1. The lowest BCUT2D eigenvalue weighted by atomic mass is 10.1. The summed E-state index contributed by atoms with van der Waals surface area (Å²) in [5.74, 6) is 1.42. The lowest BCUT2D eigenvalue weighted by molar-refractivity contribution is -0.115. The maximum absolute atomic E-state index is 12.5. The fourth-order valence-corrected chi connectivity index (χ4v) is 4.95. The van der Waals surface area contributed by atoms with Gasteiger partial charge in [0.2, 0.25) is 5.91 Å². The number of amides is 1. The molecule has 164 valence electrons. The smallest absolute Gasteiger partial charge is 0.231 e. The van der Waals surface area contributed by atoms with Crippen LogP contribution in [-0.2, 0) is 17.0 Å². The van der Waals surface area contributed by atoms with E-state index >= 15 is 0 Å². The summed E-state index contributed by atoms with van der Waals surface area (Å²) in [5.41, 5.74) is 4.95. The summed E-state index contributed by atoms with van der Waals surface area (Å²) in [6, 6.07) is 13.9. The minimum Gasteiger partial charge on any atom is -0.497 e. The highest BCUT2D eigenvalue weighted by atomic mass is 32.2. The lowest BCUT2D eigenvalue weighted by Gasteiger charge is -2.09. The van der Waals surface area contributed by atoms with Crippen molar-refractivity contribution in [1.29, 1.82) is 0 Å². The maximum Gasteiger partial charge on any atom is 0.231 e. The SMILES string of the molecule is COc1cccc(-n2ccnc2SCc2csc(CC(=O)Nc3cc(C)ccc3C)n2)c1. The predicted octanol–water partition coefficient (Wildman–Crippen LogP) is 5.43. The summed E-state index contributed by atoms with van der Waals surface area (Å²) >= 11 is 3.12. The van der Waals surface area contributed by atoms with E-state index < -0.39 is 0 Å². The van der Waals surface area contributed by atoms with Crippen LogP contribution in [0.4, 0.5) is 5.69 Å². The van der Waals surface area contributed by atoms with Crippen molar-refractivity contribution in [2.75, 3.05) is 12.4 Å². The Balaban J connectivity index is 1.37. The number of aromatic nitrogens is 3. The second-order valence-electron chi connectivity index (χ2n) is 7.35. The van der Waals surface area contributed by atoms with Gasteiger partial charge in [-0.15, -0.1) is 11.3 Å². The normalized spacial score (nSPS) is 10.8. The van der Waals surface area contributed by atoms with Crippen LogP contribution >= 0.6 is 23.1 Å². The molecule has 0 saturated carbocycles. The maximum atomic E-state index is 12.5. The highest BCUT2D eigenvalue weighted by Crippen LogP contribution is 2.26. The van der Waals surface area contributed by atoms with Crippen molar-refractivity contribution < 1.29 is 9.53 Å². The van der Waals surface area contributed by atoms with Gasteiger partial charge in [-0.2, -0.15) is 0 Å².